The molecule has 17 heteroatoms. The van der Waals surface area contributed by atoms with Gasteiger partial charge in [0.15, 0.2) is 5.65 Å². The second kappa shape index (κ2) is 16.5. The maximum absolute atomic E-state index is 13.3. The number of aromatic nitrogens is 4. The first-order chi connectivity index (χ1) is 27.7. The van der Waals surface area contributed by atoms with E-state index in [-0.39, 0.29) is 41.5 Å². The van der Waals surface area contributed by atoms with Crippen molar-refractivity contribution in [3.8, 4) is 0 Å². The summed E-state index contributed by atoms with van der Waals surface area (Å²) in [7, 11) is 0. The maximum Gasteiger partial charge on any atom is 0.270 e. The zero-order valence-electron chi connectivity index (χ0n) is 31.5. The molecule has 57 heavy (non-hydrogen) atoms. The minimum absolute atomic E-state index is 0.0303. The SMILES string of the molecule is O=C(CN1CCN(c2ccc(Nc3ncc4ncc(=O)n(C5CCCC5)c4n3)cc2)CC1)NCCCCNc1cccc2c1C(=O)N(C1CCC(=O)NC1=O)C2=O. The summed E-state index contributed by atoms with van der Waals surface area (Å²) in [5.74, 6) is -1.77. The number of fused-ring (bicyclic) bond motifs is 2. The summed E-state index contributed by atoms with van der Waals surface area (Å²) in [6.45, 7) is 4.42. The zero-order chi connectivity index (χ0) is 39.5. The second-order valence-corrected chi connectivity index (χ2v) is 14.9. The number of hydrogen-bond acceptors (Lipinski definition) is 13. The molecule has 1 aliphatic carbocycles. The van der Waals surface area contributed by atoms with Crippen molar-refractivity contribution in [2.45, 2.75) is 63.5 Å². The third-order valence-corrected chi connectivity index (χ3v) is 11.2. The number of benzene rings is 2. The van der Waals surface area contributed by atoms with Gasteiger partial charge in [0.1, 0.15) is 11.6 Å². The summed E-state index contributed by atoms with van der Waals surface area (Å²) < 4.78 is 1.77. The van der Waals surface area contributed by atoms with Gasteiger partial charge in [-0.1, -0.05) is 18.9 Å². The molecular weight excluding hydrogens is 731 g/mol. The molecule has 296 valence electrons. The number of carbonyl (C=O) groups is 5. The van der Waals surface area contributed by atoms with Gasteiger partial charge in [-0.2, -0.15) is 4.98 Å². The molecule has 1 unspecified atom stereocenters. The Bertz CT molecular complexity index is 2260. The van der Waals surface area contributed by atoms with Crippen molar-refractivity contribution < 1.29 is 24.0 Å². The topological polar surface area (TPSA) is 204 Å². The van der Waals surface area contributed by atoms with Crippen LogP contribution in [0.5, 0.6) is 0 Å². The van der Waals surface area contributed by atoms with Crippen LogP contribution in [0.15, 0.2) is 59.7 Å². The standard InChI is InChI=1S/C40H45N11O6/c52-32-15-14-31(37(55)46-32)51-38(56)28-8-5-9-29(35(28)39(51)57)41-16-3-4-17-42-33(53)24-48-18-20-49(21-19-48)26-12-10-25(11-13-26)45-40-44-22-30-36(47-40)50(34(54)23-43-30)27-6-1-2-7-27/h5,8-13,22-23,27,31,41H,1-4,6-7,14-21,24H2,(H,42,53)(H,44,45,47)(H,46,52,55). The minimum atomic E-state index is -1.01. The van der Waals surface area contributed by atoms with Gasteiger partial charge in [0.2, 0.25) is 23.7 Å². The molecule has 5 heterocycles. The summed E-state index contributed by atoms with van der Waals surface area (Å²) in [5.41, 5.74) is 3.90. The van der Waals surface area contributed by atoms with Crippen molar-refractivity contribution in [1.29, 1.82) is 0 Å². The van der Waals surface area contributed by atoms with E-state index >= 15 is 0 Å². The number of nitrogens with one attached hydrogen (secondary N) is 4. The van der Waals surface area contributed by atoms with Crippen molar-refractivity contribution in [3.63, 3.8) is 0 Å². The molecule has 2 aromatic carbocycles. The molecule has 4 aliphatic rings. The number of anilines is 4. The van der Waals surface area contributed by atoms with E-state index in [2.05, 4.69) is 58.2 Å². The summed E-state index contributed by atoms with van der Waals surface area (Å²) in [6.07, 6.45) is 8.73. The monoisotopic (exact) mass is 775 g/mol. The van der Waals surface area contributed by atoms with E-state index in [9.17, 15) is 28.8 Å². The molecule has 3 fully saturated rings. The zero-order valence-corrected chi connectivity index (χ0v) is 31.5. The Morgan fingerprint density at radius 3 is 2.39 bits per heavy atom. The summed E-state index contributed by atoms with van der Waals surface area (Å²) >= 11 is 0. The number of carbonyl (C=O) groups excluding carboxylic acids is 5. The molecule has 3 aliphatic heterocycles. The van der Waals surface area contributed by atoms with Gasteiger partial charge < -0.3 is 20.9 Å². The van der Waals surface area contributed by atoms with Gasteiger partial charge >= 0.3 is 0 Å². The number of imide groups is 2. The Morgan fingerprint density at radius 2 is 1.61 bits per heavy atom. The average Bonchev–Trinajstić information content (AvgIpc) is 3.83. The van der Waals surface area contributed by atoms with E-state index in [0.717, 1.165) is 68.1 Å². The lowest BCUT2D eigenvalue weighted by Gasteiger charge is -2.35. The van der Waals surface area contributed by atoms with E-state index < -0.39 is 29.7 Å². The fourth-order valence-electron chi connectivity index (χ4n) is 8.17. The van der Waals surface area contributed by atoms with Crippen molar-refractivity contribution in [2.24, 2.45) is 0 Å². The Kier molecular flexibility index (Phi) is 10.9. The summed E-state index contributed by atoms with van der Waals surface area (Å²) in [4.78, 5) is 94.6. The molecule has 0 bridgehead atoms. The van der Waals surface area contributed by atoms with Crippen LogP contribution in [0.1, 0.15) is 78.1 Å². The summed E-state index contributed by atoms with van der Waals surface area (Å²) in [6, 6.07) is 12.2. The first-order valence-electron chi connectivity index (χ1n) is 19.7. The van der Waals surface area contributed by atoms with Crippen LogP contribution in [0.2, 0.25) is 0 Å². The van der Waals surface area contributed by atoms with Crippen LogP contribution in [0.3, 0.4) is 0 Å². The molecule has 0 spiro atoms. The molecule has 4 N–H and O–H groups in total. The summed E-state index contributed by atoms with van der Waals surface area (Å²) in [5, 5.41) is 11.7. The van der Waals surface area contributed by atoms with Gasteiger partial charge in [-0.15, -0.1) is 0 Å². The van der Waals surface area contributed by atoms with Crippen LogP contribution in [-0.2, 0) is 14.4 Å². The van der Waals surface area contributed by atoms with Gasteiger partial charge in [-0.25, -0.2) is 9.97 Å². The first-order valence-corrected chi connectivity index (χ1v) is 19.7. The third kappa shape index (κ3) is 8.05. The van der Waals surface area contributed by atoms with E-state index in [1.54, 1.807) is 29.0 Å². The number of rotatable bonds is 13. The van der Waals surface area contributed by atoms with E-state index in [4.69, 9.17) is 0 Å². The number of piperazine rings is 1. The van der Waals surface area contributed by atoms with Gasteiger partial charge in [0.05, 0.1) is 30.1 Å². The third-order valence-electron chi connectivity index (χ3n) is 11.2. The van der Waals surface area contributed by atoms with Gasteiger partial charge in [-0.3, -0.25) is 48.5 Å². The average molecular weight is 776 g/mol. The van der Waals surface area contributed by atoms with Crippen LogP contribution < -0.4 is 31.7 Å². The highest BCUT2D eigenvalue weighted by atomic mass is 16.2. The highest BCUT2D eigenvalue weighted by Gasteiger charge is 2.45. The number of unbranched alkanes of at least 4 members (excludes halogenated alkanes) is 1. The smallest absolute Gasteiger partial charge is 0.270 e. The van der Waals surface area contributed by atoms with Gasteiger partial charge in [0, 0.05) is 68.8 Å². The molecule has 0 radical (unpaired) electrons. The largest absolute Gasteiger partial charge is 0.384 e. The lowest BCUT2D eigenvalue weighted by Crippen LogP contribution is -2.54. The van der Waals surface area contributed by atoms with E-state index in [0.29, 0.717) is 55.3 Å². The quantitative estimate of drug-likeness (QED) is 0.114. The second-order valence-electron chi connectivity index (χ2n) is 14.9. The maximum atomic E-state index is 13.3. The lowest BCUT2D eigenvalue weighted by molar-refractivity contribution is -0.136. The Hall–Kier alpha value is -6.23. The highest BCUT2D eigenvalue weighted by molar-refractivity contribution is 6.25. The Morgan fingerprint density at radius 1 is 0.842 bits per heavy atom. The predicted molar refractivity (Wildman–Crippen MR) is 211 cm³/mol. The lowest BCUT2D eigenvalue weighted by atomic mass is 10.0. The van der Waals surface area contributed by atoms with Crippen molar-refractivity contribution >= 4 is 63.7 Å². The van der Waals surface area contributed by atoms with Crippen LogP contribution >= 0.6 is 0 Å². The van der Waals surface area contributed by atoms with Crippen molar-refractivity contribution in [2.75, 3.05) is 61.3 Å². The predicted octanol–water partition coefficient (Wildman–Crippen LogP) is 2.58. The molecule has 17 nitrogen and oxygen atoms in total. The molecule has 1 saturated carbocycles. The number of hydrogen-bond donors (Lipinski definition) is 4. The molecule has 4 aromatic rings. The van der Waals surface area contributed by atoms with Crippen LogP contribution in [0, 0.1) is 0 Å². The van der Waals surface area contributed by atoms with Crippen LogP contribution in [-0.4, -0.2) is 111 Å². The first kappa shape index (κ1) is 37.7. The number of amides is 5. The fraction of sp³-hybridized carbons (Fsp3) is 0.425. The molecular formula is C40H45N11O6. The molecule has 1 atom stereocenters. The molecule has 2 saturated heterocycles. The number of nitrogens with zero attached hydrogens (tertiary/aromatic N) is 7. The molecule has 8 rings (SSSR count). The number of piperidine rings is 1. The van der Waals surface area contributed by atoms with Gasteiger partial charge in [0.25, 0.3) is 17.4 Å². The van der Waals surface area contributed by atoms with Gasteiger partial charge in [-0.05, 0) is 68.5 Å². The minimum Gasteiger partial charge on any atom is -0.384 e. The van der Waals surface area contributed by atoms with E-state index in [1.165, 1.54) is 6.20 Å². The van der Waals surface area contributed by atoms with Crippen molar-refractivity contribution in [1.82, 2.24) is 40.0 Å². The Balaban J connectivity index is 0.749. The Labute approximate surface area is 328 Å². The van der Waals surface area contributed by atoms with Crippen LogP contribution in [0.4, 0.5) is 23.0 Å². The van der Waals surface area contributed by atoms with Crippen LogP contribution in [0.25, 0.3) is 11.2 Å². The highest BCUT2D eigenvalue weighted by Crippen LogP contribution is 2.33. The molecule has 2 aromatic heterocycles. The normalized spacial score (nSPS) is 18.9. The molecule has 5 amide bonds. The van der Waals surface area contributed by atoms with Crippen molar-refractivity contribution in [3.05, 3.63) is 76.3 Å². The fourth-order valence-corrected chi connectivity index (χ4v) is 8.17. The van der Waals surface area contributed by atoms with E-state index in [1.807, 2.05) is 12.1 Å².